The quantitative estimate of drug-likeness (QED) is 0.651. The molecule has 9 heteroatoms. The van der Waals surface area contributed by atoms with Crippen LogP contribution in [0.5, 0.6) is 0 Å². The zero-order chi connectivity index (χ0) is 19.7. The Balaban J connectivity index is 1.60. The van der Waals surface area contributed by atoms with E-state index >= 15 is 0 Å². The topological polar surface area (TPSA) is 124 Å². The van der Waals surface area contributed by atoms with Crippen LogP contribution in [-0.2, 0) is 16.3 Å². The lowest BCUT2D eigenvalue weighted by atomic mass is 10.1. The molecule has 3 aromatic rings. The smallest absolute Gasteiger partial charge is 0.227 e. The summed E-state index contributed by atoms with van der Waals surface area (Å²) in [6.07, 6.45) is 7.82. The molecule has 1 aliphatic rings. The molecule has 1 fully saturated rings. The second-order valence-electron chi connectivity index (χ2n) is 6.92. The molecule has 4 rings (SSSR count). The van der Waals surface area contributed by atoms with Crippen molar-refractivity contribution in [3.8, 4) is 11.3 Å². The summed E-state index contributed by atoms with van der Waals surface area (Å²) in [7, 11) is -3.23. The van der Waals surface area contributed by atoms with Crippen molar-refractivity contribution >= 4 is 27.4 Å². The standard InChI is InChI=1S/C19H20N6O2S/c1-28(26,27)14-6-4-13(5-7-14)23-19-21-9-8-16(25-19)15-11-22-18(20)24-17(15)10-12-2-3-12/h4-9,11-12H,2-3,10H2,1H3,(H2,20,22,24)(H,21,23,25). The molecule has 8 nitrogen and oxygen atoms in total. The maximum absolute atomic E-state index is 11.6. The molecule has 1 saturated carbocycles. The SMILES string of the molecule is CS(=O)(=O)c1ccc(Nc2nccc(-c3cnc(N)nc3CC3CC3)n2)cc1. The van der Waals surface area contributed by atoms with Gasteiger partial charge in [0, 0.05) is 29.9 Å². The van der Waals surface area contributed by atoms with Gasteiger partial charge in [-0.25, -0.2) is 28.4 Å². The van der Waals surface area contributed by atoms with Crippen molar-refractivity contribution in [1.29, 1.82) is 0 Å². The van der Waals surface area contributed by atoms with Gasteiger partial charge in [0.15, 0.2) is 9.84 Å². The number of benzene rings is 1. The molecule has 0 amide bonds. The van der Waals surface area contributed by atoms with Crippen LogP contribution in [0.1, 0.15) is 18.5 Å². The van der Waals surface area contributed by atoms with Crippen LogP contribution in [0.4, 0.5) is 17.6 Å². The van der Waals surface area contributed by atoms with Crippen molar-refractivity contribution in [2.24, 2.45) is 5.92 Å². The lowest BCUT2D eigenvalue weighted by molar-refractivity contribution is 0.602. The number of rotatable bonds is 6. The van der Waals surface area contributed by atoms with Crippen molar-refractivity contribution in [2.45, 2.75) is 24.2 Å². The molecule has 0 aliphatic heterocycles. The van der Waals surface area contributed by atoms with Gasteiger partial charge in [-0.3, -0.25) is 0 Å². The first-order valence-corrected chi connectivity index (χ1v) is 10.8. The Hall–Kier alpha value is -3.07. The zero-order valence-corrected chi connectivity index (χ0v) is 16.1. The predicted octanol–water partition coefficient (Wildman–Crippen LogP) is 2.62. The number of hydrogen-bond acceptors (Lipinski definition) is 8. The second-order valence-corrected chi connectivity index (χ2v) is 8.94. The molecule has 144 valence electrons. The predicted molar refractivity (Wildman–Crippen MR) is 107 cm³/mol. The van der Waals surface area contributed by atoms with Gasteiger partial charge in [-0.2, -0.15) is 0 Å². The van der Waals surface area contributed by atoms with Crippen LogP contribution >= 0.6 is 0 Å². The second kappa shape index (κ2) is 7.16. The lowest BCUT2D eigenvalue weighted by Crippen LogP contribution is -2.04. The molecular weight excluding hydrogens is 376 g/mol. The maximum atomic E-state index is 11.6. The Morgan fingerprint density at radius 1 is 1.11 bits per heavy atom. The largest absolute Gasteiger partial charge is 0.368 e. The molecular formula is C19H20N6O2S. The van der Waals surface area contributed by atoms with Crippen molar-refractivity contribution in [3.63, 3.8) is 0 Å². The van der Waals surface area contributed by atoms with Gasteiger partial charge in [0.25, 0.3) is 0 Å². The third-order valence-corrected chi connectivity index (χ3v) is 5.66. The van der Waals surface area contributed by atoms with E-state index in [4.69, 9.17) is 5.73 Å². The van der Waals surface area contributed by atoms with Crippen LogP contribution in [0.3, 0.4) is 0 Å². The van der Waals surface area contributed by atoms with Gasteiger partial charge in [-0.15, -0.1) is 0 Å². The van der Waals surface area contributed by atoms with Gasteiger partial charge < -0.3 is 11.1 Å². The first-order chi connectivity index (χ1) is 13.4. The fourth-order valence-electron chi connectivity index (χ4n) is 2.88. The summed E-state index contributed by atoms with van der Waals surface area (Å²) < 4.78 is 23.1. The van der Waals surface area contributed by atoms with Gasteiger partial charge in [0.1, 0.15) is 0 Å². The molecule has 2 heterocycles. The highest BCUT2D eigenvalue weighted by molar-refractivity contribution is 7.90. The summed E-state index contributed by atoms with van der Waals surface area (Å²) in [6, 6.07) is 8.25. The average Bonchev–Trinajstić information content (AvgIpc) is 3.46. The minimum Gasteiger partial charge on any atom is -0.368 e. The molecule has 0 bridgehead atoms. The summed E-state index contributed by atoms with van der Waals surface area (Å²) in [4.78, 5) is 17.6. The molecule has 0 spiro atoms. The molecule has 2 aromatic heterocycles. The van der Waals surface area contributed by atoms with Crippen molar-refractivity contribution in [1.82, 2.24) is 19.9 Å². The monoisotopic (exact) mass is 396 g/mol. The third-order valence-electron chi connectivity index (χ3n) is 4.54. The summed E-state index contributed by atoms with van der Waals surface area (Å²) in [5.41, 5.74) is 8.91. The number of nitrogens with zero attached hydrogens (tertiary/aromatic N) is 4. The fraction of sp³-hybridized carbons (Fsp3) is 0.263. The van der Waals surface area contributed by atoms with E-state index in [1.807, 2.05) is 6.07 Å². The van der Waals surface area contributed by atoms with E-state index in [0.717, 1.165) is 17.7 Å². The minimum atomic E-state index is -3.23. The molecule has 0 saturated heterocycles. The Kier molecular flexibility index (Phi) is 4.68. The van der Waals surface area contributed by atoms with Gasteiger partial charge in [-0.1, -0.05) is 0 Å². The van der Waals surface area contributed by atoms with E-state index < -0.39 is 9.84 Å². The Bertz CT molecular complexity index is 1110. The van der Waals surface area contributed by atoms with E-state index in [1.54, 1.807) is 36.7 Å². The summed E-state index contributed by atoms with van der Waals surface area (Å²) >= 11 is 0. The highest BCUT2D eigenvalue weighted by Crippen LogP contribution is 2.34. The van der Waals surface area contributed by atoms with E-state index in [9.17, 15) is 8.42 Å². The first kappa shape index (κ1) is 18.3. The summed E-state index contributed by atoms with van der Waals surface area (Å²) in [5.74, 6) is 1.32. The molecule has 3 N–H and O–H groups in total. The average molecular weight is 396 g/mol. The number of hydrogen-bond donors (Lipinski definition) is 2. The molecule has 0 unspecified atom stereocenters. The molecule has 0 radical (unpaired) electrons. The Morgan fingerprint density at radius 3 is 2.54 bits per heavy atom. The molecule has 1 aromatic carbocycles. The van der Waals surface area contributed by atoms with Crippen molar-refractivity contribution < 1.29 is 8.42 Å². The summed E-state index contributed by atoms with van der Waals surface area (Å²) in [6.45, 7) is 0. The van der Waals surface area contributed by atoms with Crippen LogP contribution in [-0.4, -0.2) is 34.6 Å². The van der Waals surface area contributed by atoms with Gasteiger partial charge in [0.05, 0.1) is 16.3 Å². The first-order valence-electron chi connectivity index (χ1n) is 8.90. The molecule has 0 atom stereocenters. The number of anilines is 3. The van der Waals surface area contributed by atoms with Crippen LogP contribution in [0.15, 0.2) is 47.6 Å². The molecule has 28 heavy (non-hydrogen) atoms. The van der Waals surface area contributed by atoms with Crippen LogP contribution in [0, 0.1) is 5.92 Å². The van der Waals surface area contributed by atoms with E-state index in [2.05, 4.69) is 25.3 Å². The third kappa shape index (κ3) is 4.25. The van der Waals surface area contributed by atoms with Crippen LogP contribution in [0.2, 0.25) is 0 Å². The number of aromatic nitrogens is 4. The highest BCUT2D eigenvalue weighted by Gasteiger charge is 2.24. The lowest BCUT2D eigenvalue weighted by Gasteiger charge is -2.10. The fourth-order valence-corrected chi connectivity index (χ4v) is 3.51. The number of nitrogens with two attached hydrogens (primary N) is 1. The maximum Gasteiger partial charge on any atom is 0.227 e. The van der Waals surface area contributed by atoms with Gasteiger partial charge in [0.2, 0.25) is 11.9 Å². The normalized spacial score (nSPS) is 14.0. The Labute approximate surface area is 163 Å². The number of sulfone groups is 1. The van der Waals surface area contributed by atoms with Gasteiger partial charge in [-0.05, 0) is 55.5 Å². The van der Waals surface area contributed by atoms with Crippen LogP contribution < -0.4 is 11.1 Å². The minimum absolute atomic E-state index is 0.261. The van der Waals surface area contributed by atoms with Crippen LogP contribution in [0.25, 0.3) is 11.3 Å². The van der Waals surface area contributed by atoms with Crippen molar-refractivity contribution in [2.75, 3.05) is 17.3 Å². The van der Waals surface area contributed by atoms with Crippen molar-refractivity contribution in [3.05, 3.63) is 48.4 Å². The summed E-state index contributed by atoms with van der Waals surface area (Å²) in [5, 5.41) is 3.09. The highest BCUT2D eigenvalue weighted by atomic mass is 32.2. The van der Waals surface area contributed by atoms with E-state index in [-0.39, 0.29) is 10.8 Å². The molecule has 1 aliphatic carbocycles. The Morgan fingerprint density at radius 2 is 1.86 bits per heavy atom. The van der Waals surface area contributed by atoms with Gasteiger partial charge >= 0.3 is 0 Å². The van der Waals surface area contributed by atoms with E-state index in [1.165, 1.54) is 19.1 Å². The number of nitrogen functional groups attached to an aromatic ring is 1. The number of nitrogens with one attached hydrogen (secondary N) is 1. The zero-order valence-electron chi connectivity index (χ0n) is 15.3. The van der Waals surface area contributed by atoms with E-state index in [0.29, 0.717) is 23.2 Å².